The summed E-state index contributed by atoms with van der Waals surface area (Å²) in [5.41, 5.74) is 2.98. The van der Waals surface area contributed by atoms with E-state index in [0.717, 1.165) is 22.2 Å². The molecule has 0 aliphatic carbocycles. The van der Waals surface area contributed by atoms with Crippen LogP contribution in [0.2, 0.25) is 5.02 Å². The quantitative estimate of drug-likeness (QED) is 0.423. The molecule has 23 heavy (non-hydrogen) atoms. The van der Waals surface area contributed by atoms with Crippen LogP contribution >= 0.6 is 11.6 Å². The molecule has 3 rings (SSSR count). The number of aromatic amines is 1. The summed E-state index contributed by atoms with van der Waals surface area (Å²) < 4.78 is 0. The summed E-state index contributed by atoms with van der Waals surface area (Å²) in [5, 5.41) is 10.8. The zero-order valence-electron chi connectivity index (χ0n) is 12.4. The first-order chi connectivity index (χ1) is 11.1. The summed E-state index contributed by atoms with van der Waals surface area (Å²) >= 11 is 5.95. The van der Waals surface area contributed by atoms with Crippen LogP contribution in [0.4, 0.5) is 0 Å². The Morgan fingerprint density at radius 2 is 2.00 bits per heavy atom. The average molecular weight is 321 g/mol. The van der Waals surface area contributed by atoms with E-state index in [1.54, 1.807) is 30.3 Å². The average Bonchev–Trinajstić information content (AvgIpc) is 2.87. The molecule has 0 radical (unpaired) electrons. The second kappa shape index (κ2) is 6.12. The van der Waals surface area contributed by atoms with Gasteiger partial charge >= 0.3 is 0 Å². The third-order valence-electron chi connectivity index (χ3n) is 3.65. The maximum atomic E-state index is 12.8. The van der Waals surface area contributed by atoms with Crippen molar-refractivity contribution in [3.05, 3.63) is 75.9 Å². The number of H-pyrrole nitrogens is 1. The first kappa shape index (κ1) is 15.1. The van der Waals surface area contributed by atoms with Gasteiger partial charge < -0.3 is 4.98 Å². The van der Waals surface area contributed by atoms with Gasteiger partial charge in [0.1, 0.15) is 11.6 Å². The van der Waals surface area contributed by atoms with Crippen LogP contribution in [-0.4, -0.2) is 10.8 Å². The van der Waals surface area contributed by atoms with Crippen molar-refractivity contribution in [2.45, 2.75) is 6.92 Å². The van der Waals surface area contributed by atoms with Gasteiger partial charge in [0.2, 0.25) is 5.78 Å². The lowest BCUT2D eigenvalue weighted by atomic mass is 9.99. The van der Waals surface area contributed by atoms with Crippen LogP contribution < -0.4 is 0 Å². The standard InChI is InChI=1S/C19H13ClN2O/c1-12-18(16-7-2-3-8-17(16)22-12)19(23)14(11-21)9-13-5-4-6-15(20)10-13/h2-10,22H,1H3/b14-9+. The third kappa shape index (κ3) is 2.90. The number of aromatic nitrogens is 1. The predicted molar refractivity (Wildman–Crippen MR) is 92.4 cm³/mol. The van der Waals surface area contributed by atoms with Gasteiger partial charge in [-0.25, -0.2) is 0 Å². The molecular formula is C19H13ClN2O. The summed E-state index contributed by atoms with van der Waals surface area (Å²) in [5.74, 6) is -0.289. The molecule has 0 aliphatic rings. The highest BCUT2D eigenvalue weighted by molar-refractivity contribution is 6.30. The monoisotopic (exact) mass is 320 g/mol. The van der Waals surface area contributed by atoms with Crippen LogP contribution in [0.15, 0.2) is 54.1 Å². The number of nitrogens with zero attached hydrogens (tertiary/aromatic N) is 1. The van der Waals surface area contributed by atoms with Gasteiger partial charge in [0.15, 0.2) is 0 Å². The van der Waals surface area contributed by atoms with Crippen LogP contribution in [0.5, 0.6) is 0 Å². The molecule has 0 aliphatic heterocycles. The highest BCUT2D eigenvalue weighted by atomic mass is 35.5. The summed E-state index contributed by atoms with van der Waals surface area (Å²) in [6, 6.07) is 16.6. The smallest absolute Gasteiger partial charge is 0.205 e. The number of hydrogen-bond donors (Lipinski definition) is 1. The Kier molecular flexibility index (Phi) is 4.01. The van der Waals surface area contributed by atoms with E-state index < -0.39 is 0 Å². The lowest BCUT2D eigenvalue weighted by Crippen LogP contribution is -2.03. The molecule has 3 nitrogen and oxygen atoms in total. The molecule has 1 aromatic heterocycles. The Morgan fingerprint density at radius 3 is 2.74 bits per heavy atom. The maximum absolute atomic E-state index is 12.8. The number of benzene rings is 2. The van der Waals surface area contributed by atoms with E-state index in [1.165, 1.54) is 0 Å². The van der Waals surface area contributed by atoms with Gasteiger partial charge in [-0.15, -0.1) is 0 Å². The van der Waals surface area contributed by atoms with E-state index in [4.69, 9.17) is 11.6 Å². The minimum Gasteiger partial charge on any atom is -0.358 e. The zero-order chi connectivity index (χ0) is 16.4. The minimum absolute atomic E-state index is 0.0834. The molecule has 0 amide bonds. The Morgan fingerprint density at radius 1 is 1.22 bits per heavy atom. The molecule has 3 aromatic rings. The van der Waals surface area contributed by atoms with Crippen molar-refractivity contribution in [2.24, 2.45) is 0 Å². The number of Topliss-reactive ketones (excluding diaryl/α,β-unsaturated/α-hetero) is 1. The van der Waals surface area contributed by atoms with E-state index in [0.29, 0.717) is 10.6 Å². The van der Waals surface area contributed by atoms with Gasteiger partial charge in [0, 0.05) is 21.6 Å². The molecule has 0 fully saturated rings. The highest BCUT2D eigenvalue weighted by Crippen LogP contribution is 2.25. The zero-order valence-corrected chi connectivity index (χ0v) is 13.2. The third-order valence-corrected chi connectivity index (χ3v) is 3.88. The van der Waals surface area contributed by atoms with Gasteiger partial charge in [-0.05, 0) is 36.8 Å². The molecule has 1 N–H and O–H groups in total. The van der Waals surface area contributed by atoms with Crippen molar-refractivity contribution >= 4 is 34.4 Å². The molecule has 1 heterocycles. The second-order valence-electron chi connectivity index (χ2n) is 5.22. The maximum Gasteiger partial charge on any atom is 0.205 e. The molecule has 4 heteroatoms. The largest absolute Gasteiger partial charge is 0.358 e. The van der Waals surface area contributed by atoms with Crippen molar-refractivity contribution in [3.8, 4) is 6.07 Å². The number of ketones is 1. The Hall–Kier alpha value is -2.83. The molecular weight excluding hydrogens is 308 g/mol. The number of aryl methyl sites for hydroxylation is 1. The Bertz CT molecular complexity index is 976. The molecule has 0 saturated heterocycles. The lowest BCUT2D eigenvalue weighted by Gasteiger charge is -2.01. The van der Waals surface area contributed by atoms with Crippen molar-refractivity contribution in [1.82, 2.24) is 4.98 Å². The molecule has 0 atom stereocenters. The number of nitriles is 1. The number of carbonyl (C=O) groups is 1. The Labute approximate surface area is 138 Å². The predicted octanol–water partition coefficient (Wildman–Crippen LogP) is 4.92. The fourth-order valence-corrected chi connectivity index (χ4v) is 2.81. The van der Waals surface area contributed by atoms with Crippen LogP contribution in [-0.2, 0) is 0 Å². The normalized spacial score (nSPS) is 11.4. The number of halogens is 1. The van der Waals surface area contributed by atoms with E-state index in [1.807, 2.05) is 37.3 Å². The van der Waals surface area contributed by atoms with Gasteiger partial charge in [-0.1, -0.05) is 41.9 Å². The van der Waals surface area contributed by atoms with Crippen LogP contribution in [0.25, 0.3) is 17.0 Å². The summed E-state index contributed by atoms with van der Waals surface area (Å²) in [6.45, 7) is 1.83. The van der Waals surface area contributed by atoms with Crippen molar-refractivity contribution < 1.29 is 4.79 Å². The van der Waals surface area contributed by atoms with Crippen LogP contribution in [0.3, 0.4) is 0 Å². The van der Waals surface area contributed by atoms with Crippen molar-refractivity contribution in [2.75, 3.05) is 0 Å². The van der Waals surface area contributed by atoms with E-state index in [9.17, 15) is 10.1 Å². The second-order valence-corrected chi connectivity index (χ2v) is 5.66. The summed E-state index contributed by atoms with van der Waals surface area (Å²) in [4.78, 5) is 16.0. The van der Waals surface area contributed by atoms with Crippen molar-refractivity contribution in [3.63, 3.8) is 0 Å². The van der Waals surface area contributed by atoms with Crippen LogP contribution in [0.1, 0.15) is 21.6 Å². The summed E-state index contributed by atoms with van der Waals surface area (Å²) in [7, 11) is 0. The number of allylic oxidation sites excluding steroid dienone is 1. The van der Waals surface area contributed by atoms with E-state index in [2.05, 4.69) is 4.98 Å². The number of nitrogens with one attached hydrogen (secondary N) is 1. The van der Waals surface area contributed by atoms with Gasteiger partial charge in [-0.3, -0.25) is 4.79 Å². The molecule has 112 valence electrons. The topological polar surface area (TPSA) is 56.6 Å². The number of carbonyl (C=O) groups excluding carboxylic acids is 1. The number of rotatable bonds is 3. The van der Waals surface area contributed by atoms with Gasteiger partial charge in [0.05, 0.1) is 5.56 Å². The molecule has 0 saturated carbocycles. The van der Waals surface area contributed by atoms with E-state index >= 15 is 0 Å². The van der Waals surface area contributed by atoms with Crippen LogP contribution in [0, 0.1) is 18.3 Å². The highest BCUT2D eigenvalue weighted by Gasteiger charge is 2.19. The van der Waals surface area contributed by atoms with Crippen molar-refractivity contribution in [1.29, 1.82) is 5.26 Å². The first-order valence-electron chi connectivity index (χ1n) is 7.09. The fraction of sp³-hybridized carbons (Fsp3) is 0.0526. The minimum atomic E-state index is -0.289. The number of para-hydroxylation sites is 1. The fourth-order valence-electron chi connectivity index (χ4n) is 2.62. The lowest BCUT2D eigenvalue weighted by molar-refractivity contribution is 0.104. The molecule has 0 spiro atoms. The number of hydrogen-bond acceptors (Lipinski definition) is 2. The molecule has 0 unspecified atom stereocenters. The van der Waals surface area contributed by atoms with Gasteiger partial charge in [-0.2, -0.15) is 5.26 Å². The SMILES string of the molecule is Cc1[nH]c2ccccc2c1C(=O)/C(C#N)=C/c1cccc(Cl)c1. The van der Waals surface area contributed by atoms with E-state index in [-0.39, 0.29) is 11.4 Å². The Balaban J connectivity index is 2.10. The van der Waals surface area contributed by atoms with Gasteiger partial charge in [0.25, 0.3) is 0 Å². The molecule has 2 aromatic carbocycles. The molecule has 0 bridgehead atoms. The number of fused-ring (bicyclic) bond motifs is 1. The first-order valence-corrected chi connectivity index (χ1v) is 7.47. The summed E-state index contributed by atoms with van der Waals surface area (Å²) in [6.07, 6.45) is 1.56.